The van der Waals surface area contributed by atoms with Gasteiger partial charge in [-0.2, -0.15) is 0 Å². The zero-order valence-corrected chi connectivity index (χ0v) is 23.2. The Morgan fingerprint density at radius 1 is 0.364 bits per heavy atom. The first kappa shape index (κ1) is 46.8. The highest BCUT2D eigenvalue weighted by molar-refractivity contribution is 7.78. The van der Waals surface area contributed by atoms with Crippen LogP contribution in [-0.4, -0.2) is 134 Å². The Bertz CT molecular complexity index is 252. The van der Waals surface area contributed by atoms with Crippen LogP contribution in [-0.2, 0) is 28.4 Å². The van der Waals surface area contributed by atoms with Crippen molar-refractivity contribution in [3.63, 3.8) is 0 Å². The molecule has 0 heterocycles. The second kappa shape index (κ2) is 42.6. The van der Waals surface area contributed by atoms with Gasteiger partial charge < -0.3 is 28.4 Å². The van der Waals surface area contributed by atoms with E-state index in [1.54, 1.807) is 55.6 Å². The van der Waals surface area contributed by atoms with E-state index in [1.165, 1.54) is 0 Å². The van der Waals surface area contributed by atoms with E-state index in [0.717, 1.165) is 39.3 Å². The van der Waals surface area contributed by atoms with E-state index >= 15 is 0 Å². The lowest BCUT2D eigenvalue weighted by Crippen LogP contribution is -2.21. The molecule has 0 aliphatic carbocycles. The molecule has 0 rings (SSSR count). The summed E-state index contributed by atoms with van der Waals surface area (Å²) in [4.78, 5) is 0. The number of halogens is 3. The van der Waals surface area contributed by atoms with Crippen molar-refractivity contribution in [3.8, 4) is 0 Å². The van der Waals surface area contributed by atoms with Crippen molar-refractivity contribution in [2.24, 2.45) is 0 Å². The molecule has 0 fully saturated rings. The molecule has 0 aliphatic heterocycles. The average Bonchev–Trinajstić information content (AvgIpc) is 2.76. The minimum absolute atomic E-state index is 0. The van der Waals surface area contributed by atoms with Crippen LogP contribution in [0.15, 0.2) is 0 Å². The topological polar surface area (TPSA) is 65.1 Å². The normalized spacial score (nSPS) is 9.82. The molecule has 0 aliphatic rings. The molecule has 0 N–H and O–H groups in total. The average molecular weight is 553 g/mol. The Balaban J connectivity index is -0.0000000792. The lowest BCUT2D eigenvalue weighted by Gasteiger charge is -2.11. The number of nitrogens with zero attached hydrogens (tertiary/aromatic N) is 3. The van der Waals surface area contributed by atoms with Gasteiger partial charge in [-0.3, -0.25) is 14.1 Å². The fraction of sp³-hybridized carbons (Fsp3) is 1.00. The maximum Gasteiger partial charge on any atom is 0.0599 e. The molecule has 9 nitrogen and oxygen atoms in total. The molecule has 0 saturated carbocycles. The van der Waals surface area contributed by atoms with Crippen molar-refractivity contribution in [1.82, 2.24) is 12.9 Å². The Labute approximate surface area is 215 Å². The van der Waals surface area contributed by atoms with Gasteiger partial charge in [0.15, 0.2) is 0 Å². The van der Waals surface area contributed by atoms with Crippen LogP contribution in [0.3, 0.4) is 0 Å². The molecule has 0 unspecified atom stereocenters. The zero-order valence-electron chi connectivity index (χ0n) is 20.7. The highest BCUT2D eigenvalue weighted by Crippen LogP contribution is 1.92. The molecule has 0 amide bonds. The first-order valence-corrected chi connectivity index (χ1v) is 10.7. The summed E-state index contributed by atoms with van der Waals surface area (Å²) in [6.07, 6.45) is 0. The van der Waals surface area contributed by atoms with Crippen molar-refractivity contribution < 1.29 is 42.5 Å². The zero-order chi connectivity index (χ0) is 23.5. The molecular weight excluding hydrogens is 507 g/mol. The van der Waals surface area contributed by atoms with E-state index in [0.29, 0.717) is 39.6 Å². The molecule has 0 saturated heterocycles. The van der Waals surface area contributed by atoms with Gasteiger partial charge in [-0.15, -0.1) is 0 Å². The summed E-state index contributed by atoms with van der Waals surface area (Å²) in [6, 6.07) is 0. The van der Waals surface area contributed by atoms with Gasteiger partial charge in [0.25, 0.3) is 0 Å². The second-order valence-electron chi connectivity index (χ2n) is 5.74. The van der Waals surface area contributed by atoms with E-state index in [4.69, 9.17) is 66.9 Å². The maximum absolute atomic E-state index is 4.94. The van der Waals surface area contributed by atoms with Gasteiger partial charge in [0.2, 0.25) is 0 Å². The quantitative estimate of drug-likeness (QED) is 0.255. The molecule has 33 heavy (non-hydrogen) atoms. The second-order valence-corrected chi connectivity index (χ2v) is 7.29. The predicted octanol–water partition coefficient (Wildman–Crippen LogP) is 2.54. The van der Waals surface area contributed by atoms with Crippen LogP contribution in [0.1, 0.15) is 0 Å². The van der Waals surface area contributed by atoms with Gasteiger partial charge in [0.05, 0.1) is 39.6 Å². The first-order chi connectivity index (χ1) is 14.4. The molecule has 0 atom stereocenters. The molecule has 0 aromatic rings. The molecular formula is C18H45F3N3O6S3. The summed E-state index contributed by atoms with van der Waals surface area (Å²) >= 11 is 14.8. The van der Waals surface area contributed by atoms with Crippen LogP contribution in [0.25, 0.3) is 0 Å². The minimum Gasteiger partial charge on any atom is -0.383 e. The van der Waals surface area contributed by atoms with E-state index in [2.05, 4.69) is 0 Å². The summed E-state index contributed by atoms with van der Waals surface area (Å²) in [7, 11) is 10.00. The largest absolute Gasteiger partial charge is 0.383 e. The van der Waals surface area contributed by atoms with E-state index in [-0.39, 0.29) is 14.1 Å². The molecule has 15 heteroatoms. The minimum atomic E-state index is 0. The smallest absolute Gasteiger partial charge is 0.0599 e. The lowest BCUT2D eigenvalue weighted by atomic mass is 10.6. The molecule has 0 bridgehead atoms. The number of hydrogen-bond acceptors (Lipinski definition) is 9. The van der Waals surface area contributed by atoms with Crippen molar-refractivity contribution in [2.75, 3.05) is 122 Å². The van der Waals surface area contributed by atoms with Gasteiger partial charge in [-0.05, 0) is 0 Å². The molecule has 0 aromatic carbocycles. The summed E-state index contributed by atoms with van der Waals surface area (Å²) in [5.74, 6) is 0. The molecule has 0 spiro atoms. The molecule has 0 aromatic heterocycles. The highest BCUT2D eigenvalue weighted by Gasteiger charge is 1.98. The van der Waals surface area contributed by atoms with Crippen LogP contribution >= 0.6 is 38.4 Å². The molecule has 3 radical (unpaired) electrons. The number of hydrogen-bond donors (Lipinski definition) is 0. The Kier molecular flexibility index (Phi) is 60.4. The van der Waals surface area contributed by atoms with E-state index in [1.807, 2.05) is 0 Å². The van der Waals surface area contributed by atoms with E-state index in [9.17, 15) is 0 Å². The predicted molar refractivity (Wildman–Crippen MR) is 136 cm³/mol. The molecule has 207 valence electrons. The van der Waals surface area contributed by atoms with Gasteiger partial charge in [0.1, 0.15) is 0 Å². The summed E-state index contributed by atoms with van der Waals surface area (Å²) in [5.41, 5.74) is 0. The van der Waals surface area contributed by atoms with Crippen LogP contribution in [0.2, 0.25) is 0 Å². The van der Waals surface area contributed by atoms with Gasteiger partial charge in [-0.1, -0.05) is 0 Å². The fourth-order valence-electron chi connectivity index (χ4n) is 1.49. The van der Waals surface area contributed by atoms with Gasteiger partial charge in [-0.25, -0.2) is 12.9 Å². The lowest BCUT2D eigenvalue weighted by molar-refractivity contribution is 0.155. The number of methoxy groups -OCH3 is 6. The van der Waals surface area contributed by atoms with Crippen LogP contribution in [0.5, 0.6) is 0 Å². The third kappa shape index (κ3) is 50.4. The fourth-order valence-corrected chi connectivity index (χ4v) is 1.94. The van der Waals surface area contributed by atoms with Crippen LogP contribution in [0, 0.1) is 0 Å². The number of ether oxygens (including phenoxy) is 6. The third-order valence-electron chi connectivity index (χ3n) is 3.27. The van der Waals surface area contributed by atoms with Crippen molar-refractivity contribution in [2.45, 2.75) is 0 Å². The number of rotatable bonds is 18. The van der Waals surface area contributed by atoms with Crippen molar-refractivity contribution >= 4 is 38.4 Å². The van der Waals surface area contributed by atoms with Crippen molar-refractivity contribution in [3.05, 3.63) is 0 Å². The van der Waals surface area contributed by atoms with Crippen LogP contribution in [0.4, 0.5) is 14.1 Å². The Morgan fingerprint density at radius 3 is 0.576 bits per heavy atom. The third-order valence-corrected chi connectivity index (χ3v) is 4.36. The van der Waals surface area contributed by atoms with Crippen molar-refractivity contribution in [1.29, 1.82) is 0 Å². The summed E-state index contributed by atoms with van der Waals surface area (Å²) in [6.45, 7) is 8.85. The first-order valence-electron chi connectivity index (χ1n) is 9.63. The van der Waals surface area contributed by atoms with Gasteiger partial charge >= 0.3 is 0 Å². The van der Waals surface area contributed by atoms with Crippen LogP contribution < -0.4 is 0 Å². The highest BCUT2D eigenvalue weighted by atomic mass is 32.1. The summed E-state index contributed by atoms with van der Waals surface area (Å²) in [5, 5.41) is 0. The summed E-state index contributed by atoms with van der Waals surface area (Å²) < 4.78 is 34.3. The Morgan fingerprint density at radius 2 is 0.485 bits per heavy atom. The SMILES string of the molecule is COCCN([S])CCOC.COCCN([S])CCOC.COCCN([S])CCOC.F.F.F. The maximum atomic E-state index is 4.94. The monoisotopic (exact) mass is 552 g/mol. The standard InChI is InChI=1S/3C6H14NO2S.3FH/c3*1-8-5-3-7(10)4-6-9-2;;;/h3*3-6H2,1-2H3;3*1H. The van der Waals surface area contributed by atoms with E-state index < -0.39 is 0 Å². The van der Waals surface area contributed by atoms with Gasteiger partial charge in [0, 0.05) is 120 Å². The Hall–Kier alpha value is 0.480.